The zero-order valence-electron chi connectivity index (χ0n) is 22.5. The van der Waals surface area contributed by atoms with Gasteiger partial charge in [-0.3, -0.25) is 0 Å². The smallest absolute Gasteiger partial charge is 0.128 e. The molecule has 0 radical (unpaired) electrons. The van der Waals surface area contributed by atoms with Gasteiger partial charge in [-0.15, -0.1) is 0 Å². The first kappa shape index (κ1) is 24.5. The number of likely N-dealkylation sites (N-methyl/N-ethyl adjacent to an activating group) is 1. The normalized spacial score (nSPS) is 21.4. The highest BCUT2D eigenvalue weighted by atomic mass is 19.1. The second-order valence-electron chi connectivity index (χ2n) is 11.3. The lowest BCUT2D eigenvalue weighted by Crippen LogP contribution is -2.46. The number of rotatable bonds is 4. The maximum atomic E-state index is 14.8. The predicted octanol–water partition coefficient (Wildman–Crippen LogP) is 7.42. The van der Waals surface area contributed by atoms with E-state index < -0.39 is 0 Å². The number of benzene rings is 3. The third-order valence-electron chi connectivity index (χ3n) is 9.29. The van der Waals surface area contributed by atoms with Crippen LogP contribution in [0.15, 0.2) is 48.5 Å². The van der Waals surface area contributed by atoms with Gasteiger partial charge in [0.15, 0.2) is 0 Å². The van der Waals surface area contributed by atoms with Gasteiger partial charge >= 0.3 is 0 Å². The van der Waals surface area contributed by atoms with Crippen LogP contribution in [0.25, 0.3) is 16.8 Å². The number of halogens is 1. The molecular weight excluding hydrogens is 459 g/mol. The van der Waals surface area contributed by atoms with Crippen molar-refractivity contribution in [3.05, 3.63) is 76.6 Å². The first-order valence-corrected chi connectivity index (χ1v) is 14.1. The predicted molar refractivity (Wildman–Crippen MR) is 153 cm³/mol. The van der Waals surface area contributed by atoms with Crippen molar-refractivity contribution < 1.29 is 9.13 Å². The molecule has 2 heterocycles. The Balaban J connectivity index is 1.51. The van der Waals surface area contributed by atoms with Gasteiger partial charge in [-0.25, -0.2) is 4.39 Å². The van der Waals surface area contributed by atoms with Crippen molar-refractivity contribution in [2.75, 3.05) is 43.2 Å². The highest BCUT2D eigenvalue weighted by Gasteiger charge is 2.50. The molecule has 3 aromatic carbocycles. The quantitative estimate of drug-likeness (QED) is 0.372. The van der Waals surface area contributed by atoms with E-state index in [0.717, 1.165) is 44.0 Å². The summed E-state index contributed by atoms with van der Waals surface area (Å²) < 4.78 is 20.5. The summed E-state index contributed by atoms with van der Waals surface area (Å²) in [5.41, 5.74) is 7.36. The molecule has 2 fully saturated rings. The van der Waals surface area contributed by atoms with Gasteiger partial charge in [0.05, 0.1) is 13.2 Å². The zero-order valence-corrected chi connectivity index (χ0v) is 22.5. The molecule has 0 bridgehead atoms. The largest absolute Gasteiger partial charge is 0.378 e. The van der Waals surface area contributed by atoms with Crippen molar-refractivity contribution in [1.29, 1.82) is 0 Å². The monoisotopic (exact) mass is 498 g/mol. The Morgan fingerprint density at radius 1 is 1.00 bits per heavy atom. The Labute approximate surface area is 220 Å². The standard InChI is InChI=1S/C33H39FN2O/c1-4-10-25-24(20-30(36-15-17-37-18-16-36)27-12-7-6-11-26(25)27)21-32-33(13-8-5-9-14-33)28-19-23(2)29(34)22-31(28)35(32)3/h4,6-7,10-12,19-20,22,32H,5,8-9,13-18,21H2,1-3H3/b10-4-. The molecule has 2 aliphatic heterocycles. The fraction of sp³-hybridized carbons (Fsp3) is 0.455. The first-order valence-electron chi connectivity index (χ1n) is 14.1. The van der Waals surface area contributed by atoms with E-state index >= 15 is 0 Å². The SMILES string of the molecule is C/C=C\c1c(CC2N(C)c3cc(F)c(C)cc3C23CCCCC3)cc(N2CCOCC2)c2ccccc12. The Hall–Kier alpha value is -2.85. The number of morpholine rings is 1. The van der Waals surface area contributed by atoms with Crippen LogP contribution in [-0.4, -0.2) is 39.4 Å². The summed E-state index contributed by atoms with van der Waals surface area (Å²) >= 11 is 0. The fourth-order valence-electron chi connectivity index (χ4n) is 7.44. The Morgan fingerprint density at radius 2 is 1.73 bits per heavy atom. The number of fused-ring (bicyclic) bond motifs is 3. The zero-order chi connectivity index (χ0) is 25.6. The third-order valence-corrected chi connectivity index (χ3v) is 9.29. The van der Waals surface area contributed by atoms with Crippen LogP contribution in [0.4, 0.5) is 15.8 Å². The second kappa shape index (κ2) is 9.79. The van der Waals surface area contributed by atoms with Gasteiger partial charge in [0.2, 0.25) is 0 Å². The van der Waals surface area contributed by atoms with Gasteiger partial charge in [0.25, 0.3) is 0 Å². The number of aryl methyl sites for hydroxylation is 1. The van der Waals surface area contributed by atoms with Crippen LogP contribution in [0.2, 0.25) is 0 Å². The van der Waals surface area contributed by atoms with Crippen molar-refractivity contribution in [2.24, 2.45) is 0 Å². The van der Waals surface area contributed by atoms with E-state index in [4.69, 9.17) is 4.74 Å². The van der Waals surface area contributed by atoms with E-state index in [2.05, 4.69) is 72.3 Å². The molecule has 0 aromatic heterocycles. The molecule has 0 amide bonds. The highest BCUT2D eigenvalue weighted by Crippen LogP contribution is 2.54. The first-order chi connectivity index (χ1) is 18.0. The molecule has 194 valence electrons. The third kappa shape index (κ3) is 4.05. The number of ether oxygens (including phenoxy) is 1. The molecule has 3 nitrogen and oxygen atoms in total. The van der Waals surface area contributed by atoms with E-state index in [0.29, 0.717) is 6.04 Å². The van der Waals surface area contributed by atoms with Crippen molar-refractivity contribution >= 4 is 28.2 Å². The van der Waals surface area contributed by atoms with Gasteiger partial charge in [0, 0.05) is 48.4 Å². The van der Waals surface area contributed by atoms with Gasteiger partial charge in [0.1, 0.15) is 5.82 Å². The van der Waals surface area contributed by atoms with Gasteiger partial charge in [-0.05, 0) is 72.9 Å². The highest BCUT2D eigenvalue weighted by molar-refractivity contribution is 6.00. The summed E-state index contributed by atoms with van der Waals surface area (Å²) in [5, 5.41) is 2.63. The van der Waals surface area contributed by atoms with Crippen molar-refractivity contribution in [3.63, 3.8) is 0 Å². The molecule has 1 saturated carbocycles. The van der Waals surface area contributed by atoms with E-state index in [-0.39, 0.29) is 11.2 Å². The van der Waals surface area contributed by atoms with Crippen LogP contribution in [0, 0.1) is 12.7 Å². The molecule has 6 rings (SSSR count). The second-order valence-corrected chi connectivity index (χ2v) is 11.3. The molecule has 1 atom stereocenters. The Morgan fingerprint density at radius 3 is 2.46 bits per heavy atom. The molecule has 37 heavy (non-hydrogen) atoms. The molecule has 3 aliphatic rings. The Bertz CT molecular complexity index is 1330. The minimum Gasteiger partial charge on any atom is -0.378 e. The summed E-state index contributed by atoms with van der Waals surface area (Å²) in [7, 11) is 2.20. The van der Waals surface area contributed by atoms with Crippen molar-refractivity contribution in [2.45, 2.75) is 63.8 Å². The average Bonchev–Trinajstić information content (AvgIpc) is 3.12. The number of nitrogens with zero attached hydrogens (tertiary/aromatic N) is 2. The van der Waals surface area contributed by atoms with Crippen LogP contribution in [0.3, 0.4) is 0 Å². The number of allylic oxidation sites excluding steroid dienone is 1. The van der Waals surface area contributed by atoms with Gasteiger partial charge in [-0.1, -0.05) is 61.7 Å². The average molecular weight is 499 g/mol. The topological polar surface area (TPSA) is 15.7 Å². The van der Waals surface area contributed by atoms with Crippen LogP contribution in [0.5, 0.6) is 0 Å². The molecule has 1 saturated heterocycles. The van der Waals surface area contributed by atoms with E-state index in [9.17, 15) is 4.39 Å². The number of hydrogen-bond donors (Lipinski definition) is 0. The van der Waals surface area contributed by atoms with Crippen LogP contribution >= 0.6 is 0 Å². The van der Waals surface area contributed by atoms with Gasteiger partial charge < -0.3 is 14.5 Å². The summed E-state index contributed by atoms with van der Waals surface area (Å²) in [6, 6.07) is 15.6. The summed E-state index contributed by atoms with van der Waals surface area (Å²) in [4.78, 5) is 4.91. The molecule has 1 spiro atoms. The van der Waals surface area contributed by atoms with Crippen LogP contribution < -0.4 is 9.80 Å². The number of anilines is 2. The van der Waals surface area contributed by atoms with Gasteiger partial charge in [-0.2, -0.15) is 0 Å². The maximum Gasteiger partial charge on any atom is 0.128 e. The van der Waals surface area contributed by atoms with Crippen LogP contribution in [-0.2, 0) is 16.6 Å². The molecular formula is C33H39FN2O. The lowest BCUT2D eigenvalue weighted by atomic mass is 9.65. The molecule has 4 heteroatoms. The van der Waals surface area contributed by atoms with E-state index in [1.807, 2.05) is 6.92 Å². The van der Waals surface area contributed by atoms with E-state index in [1.165, 1.54) is 65.3 Å². The molecule has 1 unspecified atom stereocenters. The molecule has 3 aromatic rings. The maximum absolute atomic E-state index is 14.8. The Kier molecular flexibility index (Phi) is 6.48. The summed E-state index contributed by atoms with van der Waals surface area (Å²) in [6.45, 7) is 7.42. The van der Waals surface area contributed by atoms with E-state index in [1.54, 1.807) is 6.07 Å². The minimum atomic E-state index is -0.0906. The lowest BCUT2D eigenvalue weighted by Gasteiger charge is -2.42. The number of hydrogen-bond acceptors (Lipinski definition) is 3. The fourth-order valence-corrected chi connectivity index (χ4v) is 7.44. The van der Waals surface area contributed by atoms with Crippen molar-refractivity contribution in [3.8, 4) is 0 Å². The van der Waals surface area contributed by atoms with Crippen LogP contribution in [0.1, 0.15) is 61.3 Å². The van der Waals surface area contributed by atoms with Crippen molar-refractivity contribution in [1.82, 2.24) is 0 Å². The lowest BCUT2D eigenvalue weighted by molar-refractivity contribution is 0.123. The summed E-state index contributed by atoms with van der Waals surface area (Å²) in [6.07, 6.45) is 11.6. The minimum absolute atomic E-state index is 0.0821. The molecule has 0 N–H and O–H groups in total. The molecule has 1 aliphatic carbocycles. The summed E-state index contributed by atoms with van der Waals surface area (Å²) in [5.74, 6) is -0.0906.